The number of rotatable bonds is 3. The van der Waals surface area contributed by atoms with E-state index < -0.39 is 5.60 Å². The predicted molar refractivity (Wildman–Crippen MR) is 60.0 cm³/mol. The summed E-state index contributed by atoms with van der Waals surface area (Å²) in [6, 6.07) is 0. The SMILES string of the molecule is CCC(C)(C)C1CCC(O)(CN)CC1. The van der Waals surface area contributed by atoms with Gasteiger partial charge in [-0.1, -0.05) is 27.2 Å². The molecule has 1 saturated carbocycles. The first kappa shape index (κ1) is 12.0. The highest BCUT2D eigenvalue weighted by Gasteiger charge is 2.37. The van der Waals surface area contributed by atoms with Crippen LogP contribution in [0, 0.1) is 11.3 Å². The van der Waals surface area contributed by atoms with Gasteiger partial charge in [-0.15, -0.1) is 0 Å². The second-order valence-corrected chi connectivity index (χ2v) is 5.54. The molecule has 0 aromatic rings. The van der Waals surface area contributed by atoms with E-state index in [2.05, 4.69) is 20.8 Å². The molecular weight excluding hydrogens is 174 g/mol. The van der Waals surface area contributed by atoms with E-state index >= 15 is 0 Å². The Kier molecular flexibility index (Phi) is 3.59. The molecule has 0 amide bonds. The van der Waals surface area contributed by atoms with Crippen molar-refractivity contribution in [1.82, 2.24) is 0 Å². The van der Waals surface area contributed by atoms with Gasteiger partial charge in [-0.3, -0.25) is 0 Å². The second kappa shape index (κ2) is 4.19. The third-order valence-corrected chi connectivity index (χ3v) is 4.31. The molecule has 84 valence electrons. The van der Waals surface area contributed by atoms with Crippen LogP contribution in [-0.4, -0.2) is 17.3 Å². The van der Waals surface area contributed by atoms with E-state index in [4.69, 9.17) is 5.73 Å². The van der Waals surface area contributed by atoms with Gasteiger partial charge in [-0.2, -0.15) is 0 Å². The standard InChI is InChI=1S/C12H25NO/c1-4-11(2,3)10-5-7-12(14,9-13)8-6-10/h10,14H,4-9,13H2,1-3H3. The van der Waals surface area contributed by atoms with Crippen LogP contribution in [0.3, 0.4) is 0 Å². The summed E-state index contributed by atoms with van der Waals surface area (Å²) in [6.07, 6.45) is 5.26. The van der Waals surface area contributed by atoms with Crippen LogP contribution in [-0.2, 0) is 0 Å². The Morgan fingerprint density at radius 1 is 1.36 bits per heavy atom. The van der Waals surface area contributed by atoms with E-state index in [1.54, 1.807) is 0 Å². The van der Waals surface area contributed by atoms with Crippen molar-refractivity contribution in [3.8, 4) is 0 Å². The summed E-state index contributed by atoms with van der Waals surface area (Å²) in [7, 11) is 0. The maximum atomic E-state index is 10.0. The summed E-state index contributed by atoms with van der Waals surface area (Å²) >= 11 is 0. The van der Waals surface area contributed by atoms with E-state index in [-0.39, 0.29) is 0 Å². The lowest BCUT2D eigenvalue weighted by atomic mass is 9.66. The molecule has 0 atom stereocenters. The van der Waals surface area contributed by atoms with E-state index in [1.807, 2.05) is 0 Å². The van der Waals surface area contributed by atoms with Gasteiger partial charge in [0.1, 0.15) is 0 Å². The first-order chi connectivity index (χ1) is 6.43. The number of hydrogen-bond donors (Lipinski definition) is 2. The van der Waals surface area contributed by atoms with E-state index in [1.165, 1.54) is 6.42 Å². The minimum absolute atomic E-state index is 0.423. The van der Waals surface area contributed by atoms with Crippen LogP contribution < -0.4 is 5.73 Å². The zero-order valence-corrected chi connectivity index (χ0v) is 9.84. The molecular formula is C12H25NO. The monoisotopic (exact) mass is 199 g/mol. The van der Waals surface area contributed by atoms with Crippen LogP contribution in [0.25, 0.3) is 0 Å². The van der Waals surface area contributed by atoms with Crippen molar-refractivity contribution in [2.24, 2.45) is 17.1 Å². The topological polar surface area (TPSA) is 46.2 Å². The highest BCUT2D eigenvalue weighted by atomic mass is 16.3. The van der Waals surface area contributed by atoms with Gasteiger partial charge in [-0.05, 0) is 37.0 Å². The molecule has 0 aromatic heterocycles. The quantitative estimate of drug-likeness (QED) is 0.732. The third kappa shape index (κ3) is 2.48. The van der Waals surface area contributed by atoms with E-state index in [0.29, 0.717) is 12.0 Å². The van der Waals surface area contributed by atoms with Gasteiger partial charge >= 0.3 is 0 Å². The fourth-order valence-electron chi connectivity index (χ4n) is 2.43. The third-order valence-electron chi connectivity index (χ3n) is 4.31. The maximum Gasteiger partial charge on any atom is 0.0769 e. The van der Waals surface area contributed by atoms with Crippen LogP contribution >= 0.6 is 0 Å². The highest BCUT2D eigenvalue weighted by molar-refractivity contribution is 4.90. The van der Waals surface area contributed by atoms with Gasteiger partial charge in [0, 0.05) is 6.54 Å². The van der Waals surface area contributed by atoms with E-state index in [0.717, 1.165) is 31.6 Å². The van der Waals surface area contributed by atoms with Crippen molar-refractivity contribution < 1.29 is 5.11 Å². The van der Waals surface area contributed by atoms with Crippen molar-refractivity contribution in [3.05, 3.63) is 0 Å². The number of hydrogen-bond acceptors (Lipinski definition) is 2. The molecule has 3 N–H and O–H groups in total. The fourth-order valence-corrected chi connectivity index (χ4v) is 2.43. The first-order valence-electron chi connectivity index (χ1n) is 5.86. The zero-order chi connectivity index (χ0) is 10.8. The smallest absolute Gasteiger partial charge is 0.0769 e. The van der Waals surface area contributed by atoms with Crippen LogP contribution in [0.5, 0.6) is 0 Å². The van der Waals surface area contributed by atoms with Crippen molar-refractivity contribution >= 4 is 0 Å². The molecule has 0 radical (unpaired) electrons. The molecule has 14 heavy (non-hydrogen) atoms. The molecule has 0 heterocycles. The molecule has 0 bridgehead atoms. The van der Waals surface area contributed by atoms with Crippen molar-refractivity contribution in [2.45, 2.75) is 58.5 Å². The van der Waals surface area contributed by atoms with Gasteiger partial charge in [0.25, 0.3) is 0 Å². The minimum atomic E-state index is -0.555. The molecule has 1 fully saturated rings. The lowest BCUT2D eigenvalue weighted by Crippen LogP contribution is -2.43. The summed E-state index contributed by atoms with van der Waals surface area (Å²) in [4.78, 5) is 0. The molecule has 0 saturated heterocycles. The van der Waals surface area contributed by atoms with Crippen molar-refractivity contribution in [2.75, 3.05) is 6.54 Å². The predicted octanol–water partition coefficient (Wildman–Crippen LogP) is 2.30. The van der Waals surface area contributed by atoms with Crippen LogP contribution in [0.15, 0.2) is 0 Å². The van der Waals surface area contributed by atoms with Crippen LogP contribution in [0.2, 0.25) is 0 Å². The van der Waals surface area contributed by atoms with Crippen molar-refractivity contribution in [1.29, 1.82) is 0 Å². The summed E-state index contributed by atoms with van der Waals surface area (Å²) in [6.45, 7) is 7.35. The Bertz CT molecular complexity index is 181. The van der Waals surface area contributed by atoms with E-state index in [9.17, 15) is 5.11 Å². The Hall–Kier alpha value is -0.0800. The Labute approximate surface area is 87.9 Å². The van der Waals surface area contributed by atoms with Crippen LogP contribution in [0.1, 0.15) is 52.9 Å². The van der Waals surface area contributed by atoms with Gasteiger partial charge < -0.3 is 10.8 Å². The maximum absolute atomic E-state index is 10.0. The average molecular weight is 199 g/mol. The Morgan fingerprint density at radius 3 is 2.21 bits per heavy atom. The summed E-state index contributed by atoms with van der Waals surface area (Å²) in [5.74, 6) is 0.763. The number of aliphatic hydroxyl groups is 1. The molecule has 0 aromatic carbocycles. The fraction of sp³-hybridized carbons (Fsp3) is 1.00. The first-order valence-corrected chi connectivity index (χ1v) is 5.86. The van der Waals surface area contributed by atoms with Crippen LogP contribution in [0.4, 0.5) is 0 Å². The summed E-state index contributed by atoms with van der Waals surface area (Å²) in [5.41, 5.74) is 5.45. The van der Waals surface area contributed by atoms with Gasteiger partial charge in [0.05, 0.1) is 5.60 Å². The summed E-state index contributed by atoms with van der Waals surface area (Å²) in [5, 5.41) is 10.0. The van der Waals surface area contributed by atoms with Gasteiger partial charge in [0.2, 0.25) is 0 Å². The molecule has 2 heteroatoms. The molecule has 1 rings (SSSR count). The minimum Gasteiger partial charge on any atom is -0.389 e. The normalized spacial score (nSPS) is 34.5. The number of nitrogens with two attached hydrogens (primary N) is 1. The molecule has 1 aliphatic rings. The summed E-state index contributed by atoms with van der Waals surface area (Å²) < 4.78 is 0. The average Bonchev–Trinajstić information content (AvgIpc) is 2.19. The molecule has 0 unspecified atom stereocenters. The Balaban J connectivity index is 2.51. The highest BCUT2D eigenvalue weighted by Crippen LogP contribution is 2.42. The zero-order valence-electron chi connectivity index (χ0n) is 9.84. The lowest BCUT2D eigenvalue weighted by molar-refractivity contribution is -0.0208. The molecule has 0 aliphatic heterocycles. The molecule has 1 aliphatic carbocycles. The lowest BCUT2D eigenvalue weighted by Gasteiger charge is -2.42. The molecule has 2 nitrogen and oxygen atoms in total. The van der Waals surface area contributed by atoms with Crippen molar-refractivity contribution in [3.63, 3.8) is 0 Å². The van der Waals surface area contributed by atoms with Gasteiger partial charge in [0.15, 0.2) is 0 Å². The molecule has 0 spiro atoms. The second-order valence-electron chi connectivity index (χ2n) is 5.54. The van der Waals surface area contributed by atoms with Gasteiger partial charge in [-0.25, -0.2) is 0 Å². The largest absolute Gasteiger partial charge is 0.389 e. The Morgan fingerprint density at radius 2 is 1.86 bits per heavy atom.